The zero-order valence-electron chi connectivity index (χ0n) is 24.2. The topological polar surface area (TPSA) is 26.3 Å². The average Bonchev–Trinajstić information content (AvgIpc) is 2.98. The molecule has 2 heteroatoms. The number of esters is 1. The van der Waals surface area contributed by atoms with Gasteiger partial charge in [-0.25, -0.2) is 0 Å². The van der Waals surface area contributed by atoms with Gasteiger partial charge in [-0.15, -0.1) is 0 Å². The summed E-state index contributed by atoms with van der Waals surface area (Å²) in [6, 6.07) is 27.7. The molecule has 3 aromatic carbocycles. The van der Waals surface area contributed by atoms with E-state index in [9.17, 15) is 4.79 Å². The highest BCUT2D eigenvalue weighted by molar-refractivity contribution is 5.75. The first-order valence-electron chi connectivity index (χ1n) is 15.6. The summed E-state index contributed by atoms with van der Waals surface area (Å²) in [6.07, 6.45) is 15.5. The Hall–Kier alpha value is -2.87. The minimum absolute atomic E-state index is 0.0405. The van der Waals surface area contributed by atoms with Gasteiger partial charge in [0.1, 0.15) is 5.75 Å². The highest BCUT2D eigenvalue weighted by atomic mass is 16.5. The smallest absolute Gasteiger partial charge is 0.314 e. The van der Waals surface area contributed by atoms with E-state index < -0.39 is 0 Å². The van der Waals surface area contributed by atoms with Crippen LogP contribution in [-0.4, -0.2) is 5.97 Å². The highest BCUT2D eigenvalue weighted by Gasteiger charge is 2.23. The highest BCUT2D eigenvalue weighted by Crippen LogP contribution is 2.38. The van der Waals surface area contributed by atoms with Crippen LogP contribution in [0.25, 0.3) is 11.1 Å². The van der Waals surface area contributed by atoms with E-state index in [1.165, 1.54) is 73.6 Å². The third-order valence-corrected chi connectivity index (χ3v) is 8.68. The molecular formula is C37H48O2. The van der Waals surface area contributed by atoms with E-state index >= 15 is 0 Å². The lowest BCUT2D eigenvalue weighted by Gasteiger charge is -2.29. The van der Waals surface area contributed by atoms with Gasteiger partial charge in [-0.3, -0.25) is 4.79 Å². The largest absolute Gasteiger partial charge is 0.426 e. The molecule has 1 saturated carbocycles. The van der Waals surface area contributed by atoms with Crippen LogP contribution in [0.3, 0.4) is 0 Å². The number of ether oxygens (including phenoxy) is 1. The molecule has 0 N–H and O–H groups in total. The molecule has 208 valence electrons. The van der Waals surface area contributed by atoms with E-state index in [1.54, 1.807) is 0 Å². The number of aryl methyl sites for hydroxylation is 1. The summed E-state index contributed by atoms with van der Waals surface area (Å²) in [5.41, 5.74) is 5.22. The average molecular weight is 525 g/mol. The SMILES string of the molecule is CCCCC[C@H]1CC[C@H](c2ccc(OC(=O)C(CCC)CCCc3ccc(-c4ccccc4)cc3)cc2)CC1. The molecule has 0 saturated heterocycles. The Balaban J connectivity index is 1.22. The lowest BCUT2D eigenvalue weighted by molar-refractivity contribution is -0.139. The van der Waals surface area contributed by atoms with Crippen molar-refractivity contribution in [3.63, 3.8) is 0 Å². The van der Waals surface area contributed by atoms with Gasteiger partial charge in [0.05, 0.1) is 5.92 Å². The van der Waals surface area contributed by atoms with Gasteiger partial charge in [-0.2, -0.15) is 0 Å². The summed E-state index contributed by atoms with van der Waals surface area (Å²) in [4.78, 5) is 13.1. The van der Waals surface area contributed by atoms with Gasteiger partial charge >= 0.3 is 5.97 Å². The second-order valence-electron chi connectivity index (χ2n) is 11.6. The molecule has 1 aliphatic carbocycles. The maximum Gasteiger partial charge on any atom is 0.314 e. The number of hydrogen-bond donors (Lipinski definition) is 0. The zero-order chi connectivity index (χ0) is 27.3. The molecule has 0 aromatic heterocycles. The number of benzene rings is 3. The van der Waals surface area contributed by atoms with Crippen molar-refractivity contribution >= 4 is 5.97 Å². The second kappa shape index (κ2) is 15.7. The fraction of sp³-hybridized carbons (Fsp3) is 0.486. The Morgan fingerprint density at radius 3 is 2.10 bits per heavy atom. The predicted octanol–water partition coefficient (Wildman–Crippen LogP) is 10.6. The van der Waals surface area contributed by atoms with Crippen molar-refractivity contribution in [3.8, 4) is 16.9 Å². The van der Waals surface area contributed by atoms with E-state index in [2.05, 4.69) is 74.5 Å². The molecule has 1 fully saturated rings. The molecule has 1 atom stereocenters. The lowest BCUT2D eigenvalue weighted by Crippen LogP contribution is -2.21. The predicted molar refractivity (Wildman–Crippen MR) is 164 cm³/mol. The molecule has 0 radical (unpaired) electrons. The molecule has 39 heavy (non-hydrogen) atoms. The Morgan fingerprint density at radius 1 is 0.744 bits per heavy atom. The van der Waals surface area contributed by atoms with Crippen LogP contribution in [0.2, 0.25) is 0 Å². The van der Waals surface area contributed by atoms with Crippen molar-refractivity contribution in [1.29, 1.82) is 0 Å². The van der Waals surface area contributed by atoms with Gasteiger partial charge in [0.15, 0.2) is 0 Å². The van der Waals surface area contributed by atoms with Crippen LogP contribution in [0.15, 0.2) is 78.9 Å². The summed E-state index contributed by atoms with van der Waals surface area (Å²) in [5, 5.41) is 0. The number of carbonyl (C=O) groups excluding carboxylic acids is 1. The molecule has 0 heterocycles. The van der Waals surface area contributed by atoms with Crippen LogP contribution < -0.4 is 4.74 Å². The van der Waals surface area contributed by atoms with Gasteiger partial charge < -0.3 is 4.74 Å². The first kappa shape index (κ1) is 29.1. The molecule has 0 bridgehead atoms. The molecule has 0 amide bonds. The van der Waals surface area contributed by atoms with E-state index in [0.717, 1.165) is 38.0 Å². The Bertz CT molecular complexity index is 1090. The number of rotatable bonds is 14. The molecule has 0 spiro atoms. The maximum absolute atomic E-state index is 13.1. The number of hydrogen-bond acceptors (Lipinski definition) is 2. The van der Waals surface area contributed by atoms with Gasteiger partial charge in [0.2, 0.25) is 0 Å². The minimum Gasteiger partial charge on any atom is -0.426 e. The molecule has 1 aliphatic rings. The number of carbonyl (C=O) groups is 1. The zero-order valence-corrected chi connectivity index (χ0v) is 24.2. The quantitative estimate of drug-likeness (QED) is 0.119. The van der Waals surface area contributed by atoms with E-state index in [1.807, 2.05) is 18.2 Å². The lowest BCUT2D eigenvalue weighted by atomic mass is 9.77. The third-order valence-electron chi connectivity index (χ3n) is 8.68. The normalized spacial score (nSPS) is 18.0. The molecule has 2 nitrogen and oxygen atoms in total. The molecule has 1 unspecified atom stereocenters. The molecule has 0 aliphatic heterocycles. The Kier molecular flexibility index (Phi) is 11.7. The van der Waals surface area contributed by atoms with E-state index in [-0.39, 0.29) is 11.9 Å². The molecule has 3 aromatic rings. The Morgan fingerprint density at radius 2 is 1.44 bits per heavy atom. The third kappa shape index (κ3) is 9.09. The molecular weight excluding hydrogens is 476 g/mol. The standard InChI is InChI=1S/C37H48O2/c1-3-5-7-12-29-17-23-33(24-18-29)34-25-27-36(28-26-34)39-37(38)35(11-4-2)16-10-13-30-19-21-32(22-20-30)31-14-8-6-9-15-31/h6,8-9,14-15,19-22,25-29,33,35H,3-5,7,10-13,16-18,23-24H2,1-2H3/t29-,33-,35?. The fourth-order valence-corrected chi connectivity index (χ4v) is 6.25. The fourth-order valence-electron chi connectivity index (χ4n) is 6.25. The summed E-state index contributed by atoms with van der Waals surface area (Å²) in [5.74, 6) is 2.16. The summed E-state index contributed by atoms with van der Waals surface area (Å²) >= 11 is 0. The maximum atomic E-state index is 13.1. The monoisotopic (exact) mass is 524 g/mol. The summed E-state index contributed by atoms with van der Waals surface area (Å²) in [7, 11) is 0. The van der Waals surface area contributed by atoms with Crippen LogP contribution in [-0.2, 0) is 11.2 Å². The van der Waals surface area contributed by atoms with Crippen molar-refractivity contribution in [1.82, 2.24) is 0 Å². The number of unbranched alkanes of at least 4 members (excludes halogenated alkanes) is 2. The van der Waals surface area contributed by atoms with Gasteiger partial charge in [-0.1, -0.05) is 113 Å². The Labute approximate surface area is 237 Å². The minimum atomic E-state index is -0.0726. The van der Waals surface area contributed by atoms with Crippen LogP contribution in [0.1, 0.15) is 108 Å². The second-order valence-corrected chi connectivity index (χ2v) is 11.6. The van der Waals surface area contributed by atoms with Crippen LogP contribution >= 0.6 is 0 Å². The first-order valence-corrected chi connectivity index (χ1v) is 15.6. The van der Waals surface area contributed by atoms with Crippen LogP contribution in [0.5, 0.6) is 5.75 Å². The summed E-state index contributed by atoms with van der Waals surface area (Å²) in [6.45, 7) is 4.44. The van der Waals surface area contributed by atoms with E-state index in [0.29, 0.717) is 11.7 Å². The van der Waals surface area contributed by atoms with Crippen molar-refractivity contribution < 1.29 is 9.53 Å². The van der Waals surface area contributed by atoms with E-state index in [4.69, 9.17) is 4.74 Å². The first-order chi connectivity index (χ1) is 19.2. The van der Waals surface area contributed by atoms with Crippen LogP contribution in [0.4, 0.5) is 0 Å². The molecule has 4 rings (SSSR count). The van der Waals surface area contributed by atoms with Crippen molar-refractivity contribution in [2.45, 2.75) is 103 Å². The van der Waals surface area contributed by atoms with Crippen molar-refractivity contribution in [2.75, 3.05) is 0 Å². The summed E-state index contributed by atoms with van der Waals surface area (Å²) < 4.78 is 5.87. The van der Waals surface area contributed by atoms with Gasteiger partial charge in [-0.05, 0) is 97.6 Å². The van der Waals surface area contributed by atoms with Crippen molar-refractivity contribution in [2.24, 2.45) is 11.8 Å². The van der Waals surface area contributed by atoms with Crippen LogP contribution in [0, 0.1) is 11.8 Å². The van der Waals surface area contributed by atoms with Gasteiger partial charge in [0.25, 0.3) is 0 Å². The van der Waals surface area contributed by atoms with Crippen molar-refractivity contribution in [3.05, 3.63) is 90.0 Å². The van der Waals surface area contributed by atoms with Gasteiger partial charge in [0, 0.05) is 0 Å².